The van der Waals surface area contributed by atoms with Gasteiger partial charge in [0.05, 0.1) is 17.1 Å². The summed E-state index contributed by atoms with van der Waals surface area (Å²) in [5.74, 6) is 1.64. The molecule has 0 fully saturated rings. The Morgan fingerprint density at radius 1 is 0.829 bits per heavy atom. The summed E-state index contributed by atoms with van der Waals surface area (Å²) in [5, 5.41) is 13.1. The topological polar surface area (TPSA) is 50.9 Å². The molecule has 6 heteroatoms. The molecule has 0 aliphatic carbocycles. The number of hydrogen-bond donors (Lipinski definition) is 0. The predicted octanol–water partition coefficient (Wildman–Crippen LogP) is 7.39. The molecule has 4 aromatic carbocycles. The first-order chi connectivity index (χ1) is 17.2. The second-order valence-corrected chi connectivity index (χ2v) is 9.25. The summed E-state index contributed by atoms with van der Waals surface area (Å²) in [6, 6.07) is 32.4. The van der Waals surface area contributed by atoms with Crippen molar-refractivity contribution < 1.29 is 9.26 Å². The van der Waals surface area contributed by atoms with Crippen LogP contribution in [-0.2, 0) is 0 Å². The number of halogens is 1. The molecule has 0 N–H and O–H groups in total. The van der Waals surface area contributed by atoms with E-state index in [2.05, 4.69) is 28.4 Å². The second-order valence-electron chi connectivity index (χ2n) is 8.82. The summed E-state index contributed by atoms with van der Waals surface area (Å²) in [4.78, 5) is 0. The minimum Gasteiger partial charge on any atom is -0.464 e. The number of rotatable bonds is 3. The third kappa shape index (κ3) is 3.39. The van der Waals surface area contributed by atoms with Crippen LogP contribution in [0.3, 0.4) is 0 Å². The van der Waals surface area contributed by atoms with Crippen molar-refractivity contribution >= 4 is 28.2 Å². The monoisotopic (exact) mass is 477 g/mol. The van der Waals surface area contributed by atoms with Crippen LogP contribution in [0.15, 0.2) is 107 Å². The molecule has 5 nitrogen and oxygen atoms in total. The van der Waals surface area contributed by atoms with Crippen molar-refractivity contribution in [3.63, 3.8) is 0 Å². The van der Waals surface area contributed by atoms with Crippen molar-refractivity contribution in [1.82, 2.24) is 10.2 Å². The average molecular weight is 478 g/mol. The predicted molar refractivity (Wildman–Crippen MR) is 136 cm³/mol. The van der Waals surface area contributed by atoms with Crippen LogP contribution >= 0.6 is 11.6 Å². The van der Waals surface area contributed by atoms with E-state index in [0.29, 0.717) is 5.02 Å². The van der Waals surface area contributed by atoms with Crippen LogP contribution in [0.5, 0.6) is 5.75 Å². The van der Waals surface area contributed by atoms with E-state index in [1.54, 1.807) is 0 Å². The highest BCUT2D eigenvalue weighted by Gasteiger charge is 2.41. The minimum atomic E-state index is -0.373. The molecule has 0 radical (unpaired) electrons. The summed E-state index contributed by atoms with van der Waals surface area (Å²) in [5.41, 5.74) is 6.04. The lowest BCUT2D eigenvalue weighted by Crippen LogP contribution is -2.33. The van der Waals surface area contributed by atoms with Crippen LogP contribution in [0.1, 0.15) is 35.4 Å². The highest BCUT2D eigenvalue weighted by Crippen LogP contribution is 2.48. The molecule has 35 heavy (non-hydrogen) atoms. The van der Waals surface area contributed by atoms with Gasteiger partial charge in [-0.25, -0.2) is 5.01 Å². The van der Waals surface area contributed by atoms with Crippen LogP contribution < -0.4 is 4.74 Å². The number of benzene rings is 4. The van der Waals surface area contributed by atoms with Gasteiger partial charge >= 0.3 is 0 Å². The first kappa shape index (κ1) is 20.3. The van der Waals surface area contributed by atoms with E-state index >= 15 is 0 Å². The van der Waals surface area contributed by atoms with Gasteiger partial charge in [0.15, 0.2) is 5.76 Å². The Morgan fingerprint density at radius 3 is 2.49 bits per heavy atom. The molecule has 0 spiro atoms. The first-order valence-corrected chi connectivity index (χ1v) is 11.9. The molecule has 2 atom stereocenters. The van der Waals surface area contributed by atoms with Gasteiger partial charge in [0, 0.05) is 28.1 Å². The van der Waals surface area contributed by atoms with E-state index in [1.165, 1.54) is 0 Å². The fourth-order valence-corrected chi connectivity index (χ4v) is 5.11. The SMILES string of the molecule is Clc1ccc(C2=NN3[C@@H](c4ccc5noc(-c6ccccc6)c5c4)Oc4ccccc4[C@@H]3C2)cc1. The molecule has 7 rings (SSSR count). The van der Waals surface area contributed by atoms with Gasteiger partial charge in [0.25, 0.3) is 0 Å². The first-order valence-electron chi connectivity index (χ1n) is 11.6. The number of para-hydroxylation sites is 1. The zero-order valence-corrected chi connectivity index (χ0v) is 19.4. The fraction of sp³-hybridized carbons (Fsp3) is 0.103. The maximum absolute atomic E-state index is 6.55. The lowest BCUT2D eigenvalue weighted by Gasteiger charge is -2.38. The van der Waals surface area contributed by atoms with Gasteiger partial charge in [-0.2, -0.15) is 5.10 Å². The molecule has 0 amide bonds. The highest BCUT2D eigenvalue weighted by molar-refractivity contribution is 6.30. The van der Waals surface area contributed by atoms with Gasteiger partial charge in [0.2, 0.25) is 6.23 Å². The van der Waals surface area contributed by atoms with Gasteiger partial charge in [-0.05, 0) is 35.9 Å². The Balaban J connectivity index is 1.34. The minimum absolute atomic E-state index is 0.0855. The van der Waals surface area contributed by atoms with Gasteiger partial charge < -0.3 is 9.26 Å². The molecule has 0 unspecified atom stereocenters. The molecule has 0 saturated heterocycles. The normalized spacial score (nSPS) is 18.7. The van der Waals surface area contributed by atoms with Crippen molar-refractivity contribution in [3.8, 4) is 17.1 Å². The van der Waals surface area contributed by atoms with Gasteiger partial charge in [-0.3, -0.25) is 0 Å². The molecule has 170 valence electrons. The van der Waals surface area contributed by atoms with E-state index in [0.717, 1.165) is 56.8 Å². The van der Waals surface area contributed by atoms with E-state index in [9.17, 15) is 0 Å². The molecule has 0 bridgehead atoms. The van der Waals surface area contributed by atoms with Crippen molar-refractivity contribution in [2.45, 2.75) is 18.7 Å². The van der Waals surface area contributed by atoms with Crippen molar-refractivity contribution in [3.05, 3.63) is 119 Å². The van der Waals surface area contributed by atoms with Gasteiger partial charge in [-0.15, -0.1) is 0 Å². The standard InChI is InChI=1S/C29H20ClN3O2/c30-21-13-10-18(11-14-21)25-17-26-22-8-4-5-9-27(22)34-29(33(26)31-25)20-12-15-24-23(16-20)28(35-32-24)19-6-2-1-3-7-19/h1-16,26,29H,17H2/t26-,29+/m0/s1. The molecule has 3 heterocycles. The maximum atomic E-state index is 6.55. The van der Waals surface area contributed by atoms with E-state index in [1.807, 2.05) is 78.9 Å². The van der Waals surface area contributed by atoms with Crippen LogP contribution in [0.2, 0.25) is 5.02 Å². The lowest BCUT2D eigenvalue weighted by molar-refractivity contribution is -0.0189. The molecule has 0 saturated carbocycles. The van der Waals surface area contributed by atoms with Gasteiger partial charge in [-0.1, -0.05) is 83.5 Å². The van der Waals surface area contributed by atoms with Crippen LogP contribution in [0, 0.1) is 0 Å². The van der Waals surface area contributed by atoms with E-state index in [-0.39, 0.29) is 12.3 Å². The lowest BCUT2D eigenvalue weighted by atomic mass is 9.95. The molecular formula is C29H20ClN3O2. The molecule has 2 aliphatic heterocycles. The quantitative estimate of drug-likeness (QED) is 0.272. The molecular weight excluding hydrogens is 458 g/mol. The zero-order valence-electron chi connectivity index (χ0n) is 18.6. The summed E-state index contributed by atoms with van der Waals surface area (Å²) in [6.07, 6.45) is 0.422. The Kier molecular flexibility index (Phi) is 4.64. The zero-order chi connectivity index (χ0) is 23.4. The number of hydrazone groups is 1. The largest absolute Gasteiger partial charge is 0.464 e. The molecule has 2 aliphatic rings. The number of ether oxygens (including phenoxy) is 1. The summed E-state index contributed by atoms with van der Waals surface area (Å²) in [6.45, 7) is 0. The van der Waals surface area contributed by atoms with Crippen LogP contribution in [0.4, 0.5) is 0 Å². The Hall–Kier alpha value is -4.09. The van der Waals surface area contributed by atoms with E-state index in [4.69, 9.17) is 26.0 Å². The summed E-state index contributed by atoms with van der Waals surface area (Å²) < 4.78 is 12.3. The number of aromatic nitrogens is 1. The number of hydrogen-bond acceptors (Lipinski definition) is 5. The summed E-state index contributed by atoms with van der Waals surface area (Å²) in [7, 11) is 0. The summed E-state index contributed by atoms with van der Waals surface area (Å²) >= 11 is 6.12. The Morgan fingerprint density at radius 2 is 1.63 bits per heavy atom. The second kappa shape index (κ2) is 8.00. The molecule has 5 aromatic rings. The fourth-order valence-electron chi connectivity index (χ4n) is 4.98. The smallest absolute Gasteiger partial charge is 0.213 e. The third-order valence-electron chi connectivity index (χ3n) is 6.70. The van der Waals surface area contributed by atoms with Crippen LogP contribution in [0.25, 0.3) is 22.2 Å². The number of nitrogens with zero attached hydrogens (tertiary/aromatic N) is 3. The third-order valence-corrected chi connectivity index (χ3v) is 6.95. The van der Waals surface area contributed by atoms with Gasteiger partial charge in [0.1, 0.15) is 11.3 Å². The van der Waals surface area contributed by atoms with Crippen LogP contribution in [-0.4, -0.2) is 15.9 Å². The number of fused-ring (bicyclic) bond motifs is 4. The Labute approximate surface area is 207 Å². The maximum Gasteiger partial charge on any atom is 0.213 e. The van der Waals surface area contributed by atoms with E-state index < -0.39 is 0 Å². The Bertz CT molecular complexity index is 1580. The molecule has 1 aromatic heterocycles. The van der Waals surface area contributed by atoms with Crippen molar-refractivity contribution in [1.29, 1.82) is 0 Å². The average Bonchev–Trinajstić information content (AvgIpc) is 3.54. The van der Waals surface area contributed by atoms with Crippen molar-refractivity contribution in [2.24, 2.45) is 5.10 Å². The van der Waals surface area contributed by atoms with Crippen molar-refractivity contribution in [2.75, 3.05) is 0 Å². The highest BCUT2D eigenvalue weighted by atomic mass is 35.5.